The lowest BCUT2D eigenvalue weighted by Crippen LogP contribution is -2.41. The van der Waals surface area contributed by atoms with E-state index in [0.29, 0.717) is 5.56 Å². The normalized spacial score (nSPS) is 15.1. The van der Waals surface area contributed by atoms with Crippen molar-refractivity contribution in [3.8, 4) is 11.1 Å². The number of aromatic amines is 1. The molecule has 0 aliphatic heterocycles. The molecule has 1 aromatic heterocycles. The molecular formula is C15H15ClN2O2. The maximum absolute atomic E-state index is 12.6. The number of nitrogens with zero attached hydrogens (tertiary/aromatic N) is 1. The van der Waals surface area contributed by atoms with E-state index >= 15 is 0 Å². The Balaban J connectivity index is 2.22. The fraction of sp³-hybridized carbons (Fsp3) is 0.333. The van der Waals surface area contributed by atoms with Gasteiger partial charge in [-0.25, -0.2) is 4.79 Å². The maximum atomic E-state index is 12.6. The third-order valence-corrected chi connectivity index (χ3v) is 4.15. The van der Waals surface area contributed by atoms with Gasteiger partial charge in [0, 0.05) is 6.04 Å². The average molecular weight is 291 g/mol. The van der Waals surface area contributed by atoms with Crippen molar-refractivity contribution in [3.05, 3.63) is 55.8 Å². The van der Waals surface area contributed by atoms with Crippen LogP contribution in [0.4, 0.5) is 0 Å². The lowest BCUT2D eigenvalue weighted by molar-refractivity contribution is 0.297. The van der Waals surface area contributed by atoms with E-state index in [-0.39, 0.29) is 16.8 Å². The van der Waals surface area contributed by atoms with Crippen LogP contribution in [0, 0.1) is 6.92 Å². The molecule has 1 saturated carbocycles. The van der Waals surface area contributed by atoms with Crippen LogP contribution in [-0.4, -0.2) is 9.55 Å². The highest BCUT2D eigenvalue weighted by Gasteiger charge is 2.25. The summed E-state index contributed by atoms with van der Waals surface area (Å²) < 4.78 is 1.31. The molecule has 0 spiro atoms. The summed E-state index contributed by atoms with van der Waals surface area (Å²) in [6.45, 7) is 1.98. The Bertz CT molecular complexity index is 755. The van der Waals surface area contributed by atoms with Crippen LogP contribution in [0.25, 0.3) is 11.1 Å². The van der Waals surface area contributed by atoms with Crippen molar-refractivity contribution in [2.24, 2.45) is 0 Å². The fourth-order valence-electron chi connectivity index (χ4n) is 2.47. The third-order valence-electron chi connectivity index (χ3n) is 3.87. The SMILES string of the molecule is Cc1ccc(-c2c(Cl)[nH]c(=O)n(C3CCC3)c2=O)cc1. The van der Waals surface area contributed by atoms with Crippen LogP contribution in [0.3, 0.4) is 0 Å². The maximum Gasteiger partial charge on any atom is 0.329 e. The molecule has 4 nitrogen and oxygen atoms in total. The molecule has 1 aromatic carbocycles. The van der Waals surface area contributed by atoms with Crippen molar-refractivity contribution in [1.29, 1.82) is 0 Å². The summed E-state index contributed by atoms with van der Waals surface area (Å²) in [6.07, 6.45) is 2.80. The summed E-state index contributed by atoms with van der Waals surface area (Å²) in [6, 6.07) is 7.55. The Morgan fingerprint density at radius 3 is 2.40 bits per heavy atom. The number of nitrogens with one attached hydrogen (secondary N) is 1. The van der Waals surface area contributed by atoms with Crippen LogP contribution in [0.15, 0.2) is 33.9 Å². The van der Waals surface area contributed by atoms with Crippen LogP contribution in [-0.2, 0) is 0 Å². The minimum atomic E-state index is -0.416. The average Bonchev–Trinajstić information content (AvgIpc) is 2.34. The molecular weight excluding hydrogens is 276 g/mol. The lowest BCUT2D eigenvalue weighted by atomic mass is 9.92. The third kappa shape index (κ3) is 2.10. The fourth-order valence-corrected chi connectivity index (χ4v) is 2.74. The molecule has 0 radical (unpaired) electrons. The van der Waals surface area contributed by atoms with Gasteiger partial charge in [0.05, 0.1) is 5.56 Å². The van der Waals surface area contributed by atoms with Gasteiger partial charge in [-0.05, 0) is 31.7 Å². The number of halogens is 1. The molecule has 1 heterocycles. The zero-order valence-corrected chi connectivity index (χ0v) is 11.9. The minimum Gasteiger partial charge on any atom is -0.297 e. The summed E-state index contributed by atoms with van der Waals surface area (Å²) >= 11 is 6.08. The second-order valence-electron chi connectivity index (χ2n) is 5.25. The quantitative estimate of drug-likeness (QED) is 0.865. The van der Waals surface area contributed by atoms with E-state index in [1.54, 1.807) is 0 Å². The smallest absolute Gasteiger partial charge is 0.297 e. The van der Waals surface area contributed by atoms with E-state index in [4.69, 9.17) is 11.6 Å². The molecule has 0 amide bonds. The molecule has 1 N–H and O–H groups in total. The number of benzene rings is 1. The van der Waals surface area contributed by atoms with Crippen LogP contribution in [0.2, 0.25) is 5.15 Å². The molecule has 0 bridgehead atoms. The molecule has 0 atom stereocenters. The predicted molar refractivity (Wildman–Crippen MR) is 79.4 cm³/mol. The first-order valence-corrected chi connectivity index (χ1v) is 7.07. The second kappa shape index (κ2) is 4.94. The van der Waals surface area contributed by atoms with Gasteiger partial charge in [0.2, 0.25) is 0 Å². The largest absolute Gasteiger partial charge is 0.329 e. The second-order valence-corrected chi connectivity index (χ2v) is 5.62. The van der Waals surface area contributed by atoms with Gasteiger partial charge in [-0.1, -0.05) is 41.4 Å². The molecule has 1 aliphatic carbocycles. The summed E-state index contributed by atoms with van der Waals surface area (Å²) in [5.74, 6) is 0. The Labute approximate surface area is 121 Å². The van der Waals surface area contributed by atoms with E-state index in [9.17, 15) is 9.59 Å². The van der Waals surface area contributed by atoms with Crippen molar-refractivity contribution >= 4 is 11.6 Å². The highest BCUT2D eigenvalue weighted by atomic mass is 35.5. The van der Waals surface area contributed by atoms with Crippen LogP contribution >= 0.6 is 11.6 Å². The number of H-pyrrole nitrogens is 1. The Morgan fingerprint density at radius 2 is 1.85 bits per heavy atom. The highest BCUT2D eigenvalue weighted by molar-refractivity contribution is 6.32. The lowest BCUT2D eigenvalue weighted by Gasteiger charge is -2.27. The number of hydrogen-bond donors (Lipinski definition) is 1. The van der Waals surface area contributed by atoms with Gasteiger partial charge in [-0.3, -0.25) is 14.3 Å². The zero-order valence-electron chi connectivity index (χ0n) is 11.1. The first kappa shape index (κ1) is 13.2. The first-order chi connectivity index (χ1) is 9.58. The van der Waals surface area contributed by atoms with E-state index < -0.39 is 5.69 Å². The molecule has 5 heteroatoms. The molecule has 3 rings (SSSR count). The van der Waals surface area contributed by atoms with Crippen molar-refractivity contribution in [2.75, 3.05) is 0 Å². The van der Waals surface area contributed by atoms with Gasteiger partial charge in [0.1, 0.15) is 5.15 Å². The number of aryl methyl sites for hydroxylation is 1. The van der Waals surface area contributed by atoms with Crippen molar-refractivity contribution < 1.29 is 0 Å². The summed E-state index contributed by atoms with van der Waals surface area (Å²) in [7, 11) is 0. The number of aromatic nitrogens is 2. The van der Waals surface area contributed by atoms with Crippen LogP contribution < -0.4 is 11.2 Å². The van der Waals surface area contributed by atoms with Crippen molar-refractivity contribution in [2.45, 2.75) is 32.2 Å². The van der Waals surface area contributed by atoms with Crippen LogP contribution in [0.5, 0.6) is 0 Å². The topological polar surface area (TPSA) is 54.9 Å². The van der Waals surface area contributed by atoms with Gasteiger partial charge in [-0.15, -0.1) is 0 Å². The standard InChI is InChI=1S/C15H15ClN2O2/c1-9-5-7-10(8-6-9)12-13(16)17-15(20)18(14(12)19)11-3-2-4-11/h5-8,11H,2-4H2,1H3,(H,17,20). The van der Waals surface area contributed by atoms with Gasteiger partial charge < -0.3 is 0 Å². The summed E-state index contributed by atoms with van der Waals surface area (Å²) in [5.41, 5.74) is 1.49. The monoisotopic (exact) mass is 290 g/mol. The molecule has 1 aliphatic rings. The van der Waals surface area contributed by atoms with Crippen molar-refractivity contribution in [3.63, 3.8) is 0 Å². The van der Waals surface area contributed by atoms with Crippen LogP contribution in [0.1, 0.15) is 30.9 Å². The van der Waals surface area contributed by atoms with Crippen molar-refractivity contribution in [1.82, 2.24) is 9.55 Å². The Kier molecular flexibility index (Phi) is 3.26. The Morgan fingerprint density at radius 1 is 1.20 bits per heavy atom. The van der Waals surface area contributed by atoms with Gasteiger partial charge in [-0.2, -0.15) is 0 Å². The Hall–Kier alpha value is -1.81. The number of hydrogen-bond acceptors (Lipinski definition) is 2. The summed E-state index contributed by atoms with van der Waals surface area (Å²) in [4.78, 5) is 27.1. The molecule has 0 saturated heterocycles. The van der Waals surface area contributed by atoms with Gasteiger partial charge >= 0.3 is 5.69 Å². The predicted octanol–water partition coefficient (Wildman–Crippen LogP) is 2.89. The van der Waals surface area contributed by atoms with Gasteiger partial charge in [0.15, 0.2) is 0 Å². The number of rotatable bonds is 2. The zero-order chi connectivity index (χ0) is 14.3. The molecule has 0 unspecified atom stereocenters. The molecule has 104 valence electrons. The van der Waals surface area contributed by atoms with E-state index in [1.165, 1.54) is 4.57 Å². The van der Waals surface area contributed by atoms with E-state index in [0.717, 1.165) is 30.4 Å². The van der Waals surface area contributed by atoms with E-state index in [1.807, 2.05) is 31.2 Å². The first-order valence-electron chi connectivity index (χ1n) is 6.69. The molecule has 20 heavy (non-hydrogen) atoms. The van der Waals surface area contributed by atoms with E-state index in [2.05, 4.69) is 4.98 Å². The summed E-state index contributed by atoms with van der Waals surface area (Å²) in [5, 5.41) is 0.111. The molecule has 1 fully saturated rings. The highest BCUT2D eigenvalue weighted by Crippen LogP contribution is 2.30. The van der Waals surface area contributed by atoms with Gasteiger partial charge in [0.25, 0.3) is 5.56 Å². The molecule has 2 aromatic rings. The minimum absolute atomic E-state index is 0.00714.